The van der Waals surface area contributed by atoms with Gasteiger partial charge in [0.25, 0.3) is 12.0 Å². The summed E-state index contributed by atoms with van der Waals surface area (Å²) in [6.45, 7) is -0.0843. The van der Waals surface area contributed by atoms with Gasteiger partial charge >= 0.3 is 0 Å². The Morgan fingerprint density at radius 3 is 2.71 bits per heavy atom. The number of halogens is 2. The van der Waals surface area contributed by atoms with Crippen LogP contribution in [0.1, 0.15) is 17.6 Å². The first-order chi connectivity index (χ1) is 6.60. The molecule has 6 heteroatoms. The molecule has 0 atom stereocenters. The van der Waals surface area contributed by atoms with Gasteiger partial charge in [-0.1, -0.05) is 0 Å². The van der Waals surface area contributed by atoms with E-state index < -0.39 is 12.0 Å². The van der Waals surface area contributed by atoms with Crippen molar-refractivity contribution in [1.29, 1.82) is 0 Å². The van der Waals surface area contributed by atoms with Crippen molar-refractivity contribution in [3.63, 3.8) is 0 Å². The molecule has 0 spiro atoms. The van der Waals surface area contributed by atoms with Gasteiger partial charge < -0.3 is 10.5 Å². The fraction of sp³-hybridized carbons (Fsp3) is 0.375. The molecule has 0 fully saturated rings. The minimum absolute atomic E-state index is 0.0843. The molecular weight excluding hydrogens is 194 g/mol. The number of methoxy groups -OCH3 is 1. The molecule has 0 radical (unpaired) electrons. The van der Waals surface area contributed by atoms with E-state index in [0.29, 0.717) is 0 Å². The Balaban J connectivity index is 3.32. The molecule has 0 unspecified atom stereocenters. The van der Waals surface area contributed by atoms with Crippen molar-refractivity contribution < 1.29 is 13.5 Å². The number of rotatable bonds is 3. The summed E-state index contributed by atoms with van der Waals surface area (Å²) in [5.41, 5.74) is 4.46. The van der Waals surface area contributed by atoms with Crippen molar-refractivity contribution >= 4 is 0 Å². The summed E-state index contributed by atoms with van der Waals surface area (Å²) in [7, 11) is 1.21. The number of nitrogens with one attached hydrogen (secondary N) is 1. The standard InChI is InChI=1S/C8H10F2N2O2/c1-14-8-5(6(9)10)2-4(3-11)7(13)12-8/h2,6H,3,11H2,1H3,(H,12,13). The lowest BCUT2D eigenvalue weighted by Gasteiger charge is -2.08. The van der Waals surface area contributed by atoms with Crippen molar-refractivity contribution in [3.05, 3.63) is 27.5 Å². The molecule has 4 nitrogen and oxygen atoms in total. The monoisotopic (exact) mass is 204 g/mol. The normalized spacial score (nSPS) is 10.6. The predicted molar refractivity (Wildman–Crippen MR) is 46.5 cm³/mol. The molecule has 1 heterocycles. The van der Waals surface area contributed by atoms with Crippen LogP contribution >= 0.6 is 0 Å². The molecule has 14 heavy (non-hydrogen) atoms. The van der Waals surface area contributed by atoms with E-state index in [2.05, 4.69) is 9.72 Å². The lowest BCUT2D eigenvalue weighted by molar-refractivity contribution is 0.145. The van der Waals surface area contributed by atoms with Crippen LogP contribution in [-0.2, 0) is 6.54 Å². The maximum Gasteiger partial charge on any atom is 0.268 e. The zero-order chi connectivity index (χ0) is 10.7. The molecule has 0 bridgehead atoms. The van der Waals surface area contributed by atoms with E-state index in [4.69, 9.17) is 5.73 Å². The van der Waals surface area contributed by atoms with Crippen LogP contribution < -0.4 is 16.0 Å². The highest BCUT2D eigenvalue weighted by Gasteiger charge is 2.16. The van der Waals surface area contributed by atoms with E-state index in [0.717, 1.165) is 6.07 Å². The van der Waals surface area contributed by atoms with Crippen molar-refractivity contribution in [2.45, 2.75) is 13.0 Å². The minimum atomic E-state index is -2.70. The molecule has 0 amide bonds. The van der Waals surface area contributed by atoms with Gasteiger partial charge in [0.1, 0.15) is 0 Å². The van der Waals surface area contributed by atoms with Crippen LogP contribution in [0.15, 0.2) is 10.9 Å². The third-order valence-corrected chi connectivity index (χ3v) is 1.77. The van der Waals surface area contributed by atoms with Gasteiger partial charge in [-0.15, -0.1) is 0 Å². The highest BCUT2D eigenvalue weighted by atomic mass is 19.3. The summed E-state index contributed by atoms with van der Waals surface area (Å²) < 4.78 is 29.5. The van der Waals surface area contributed by atoms with Gasteiger partial charge in [0.2, 0.25) is 5.88 Å². The molecular formula is C8H10F2N2O2. The summed E-state index contributed by atoms with van der Waals surface area (Å²) in [4.78, 5) is 13.3. The summed E-state index contributed by atoms with van der Waals surface area (Å²) in [5.74, 6) is -0.220. The summed E-state index contributed by atoms with van der Waals surface area (Å²) >= 11 is 0. The second-order valence-corrected chi connectivity index (χ2v) is 2.62. The Morgan fingerprint density at radius 1 is 1.64 bits per heavy atom. The first-order valence-corrected chi connectivity index (χ1v) is 3.88. The van der Waals surface area contributed by atoms with Crippen LogP contribution in [0.4, 0.5) is 8.78 Å². The number of hydrogen-bond acceptors (Lipinski definition) is 3. The second kappa shape index (κ2) is 4.19. The van der Waals surface area contributed by atoms with Gasteiger partial charge in [-0.25, -0.2) is 8.78 Å². The van der Waals surface area contributed by atoms with Gasteiger partial charge in [-0.2, -0.15) is 0 Å². The van der Waals surface area contributed by atoms with Gasteiger partial charge in [0.05, 0.1) is 12.7 Å². The number of H-pyrrole nitrogens is 1. The predicted octanol–water partition coefficient (Wildman–Crippen LogP) is 0.780. The highest BCUT2D eigenvalue weighted by molar-refractivity contribution is 5.30. The number of aromatic amines is 1. The molecule has 78 valence electrons. The fourth-order valence-corrected chi connectivity index (χ4v) is 1.06. The van der Waals surface area contributed by atoms with Crippen molar-refractivity contribution in [1.82, 2.24) is 4.98 Å². The second-order valence-electron chi connectivity index (χ2n) is 2.62. The molecule has 1 aromatic heterocycles. The van der Waals surface area contributed by atoms with Crippen molar-refractivity contribution in [3.8, 4) is 5.88 Å². The first-order valence-electron chi connectivity index (χ1n) is 3.88. The smallest absolute Gasteiger partial charge is 0.268 e. The molecule has 0 aliphatic carbocycles. The van der Waals surface area contributed by atoms with E-state index in [1.807, 2.05) is 0 Å². The molecule has 1 aromatic rings. The Bertz CT molecular complexity index is 376. The number of hydrogen-bond donors (Lipinski definition) is 2. The molecule has 0 aliphatic heterocycles. The average molecular weight is 204 g/mol. The average Bonchev–Trinajstić information content (AvgIpc) is 2.16. The van der Waals surface area contributed by atoms with Crippen LogP contribution in [0.2, 0.25) is 0 Å². The quantitative estimate of drug-likeness (QED) is 0.764. The number of nitrogens with two attached hydrogens (primary N) is 1. The Morgan fingerprint density at radius 2 is 2.29 bits per heavy atom. The lowest BCUT2D eigenvalue weighted by atomic mass is 10.2. The van der Waals surface area contributed by atoms with Gasteiger partial charge in [0.15, 0.2) is 0 Å². The molecule has 3 N–H and O–H groups in total. The number of alkyl halides is 2. The van der Waals surface area contributed by atoms with Gasteiger partial charge in [0, 0.05) is 12.1 Å². The number of aromatic nitrogens is 1. The van der Waals surface area contributed by atoms with Crippen LogP contribution in [0, 0.1) is 0 Å². The molecule has 0 aliphatic rings. The molecule has 0 saturated heterocycles. The Labute approximate surface area is 78.7 Å². The first kappa shape index (κ1) is 10.6. The van der Waals surface area contributed by atoms with E-state index in [1.54, 1.807) is 0 Å². The minimum Gasteiger partial charge on any atom is -0.482 e. The molecule has 0 saturated carbocycles. The lowest BCUT2D eigenvalue weighted by Crippen LogP contribution is -2.18. The van der Waals surface area contributed by atoms with E-state index in [-0.39, 0.29) is 23.6 Å². The maximum atomic E-state index is 12.4. The van der Waals surface area contributed by atoms with Crippen LogP contribution in [0.5, 0.6) is 5.88 Å². The van der Waals surface area contributed by atoms with Crippen molar-refractivity contribution in [2.75, 3.05) is 7.11 Å². The number of pyridine rings is 1. The molecule has 0 aromatic carbocycles. The van der Waals surface area contributed by atoms with E-state index in [1.165, 1.54) is 7.11 Å². The zero-order valence-corrected chi connectivity index (χ0v) is 7.51. The fourth-order valence-electron chi connectivity index (χ4n) is 1.06. The van der Waals surface area contributed by atoms with Crippen LogP contribution in [-0.4, -0.2) is 12.1 Å². The van der Waals surface area contributed by atoms with E-state index in [9.17, 15) is 13.6 Å². The summed E-state index contributed by atoms with van der Waals surface area (Å²) in [6.07, 6.45) is -2.70. The largest absolute Gasteiger partial charge is 0.482 e. The SMILES string of the molecule is COc1[nH]c(=O)c(CN)cc1C(F)F. The highest BCUT2D eigenvalue weighted by Crippen LogP contribution is 2.26. The third-order valence-electron chi connectivity index (χ3n) is 1.77. The van der Waals surface area contributed by atoms with Crippen LogP contribution in [0.25, 0.3) is 0 Å². The zero-order valence-electron chi connectivity index (χ0n) is 7.51. The third kappa shape index (κ3) is 1.90. The topological polar surface area (TPSA) is 68.1 Å². The molecule has 1 rings (SSSR count). The Hall–Kier alpha value is -1.43. The Kier molecular flexibility index (Phi) is 3.19. The van der Waals surface area contributed by atoms with Crippen LogP contribution in [0.3, 0.4) is 0 Å². The van der Waals surface area contributed by atoms with Crippen molar-refractivity contribution in [2.24, 2.45) is 5.73 Å². The number of ether oxygens (including phenoxy) is 1. The summed E-state index contributed by atoms with van der Waals surface area (Å²) in [6, 6.07) is 1.06. The van der Waals surface area contributed by atoms with Gasteiger partial charge in [-0.05, 0) is 6.07 Å². The van der Waals surface area contributed by atoms with Gasteiger partial charge in [-0.3, -0.25) is 9.78 Å². The summed E-state index contributed by atoms with van der Waals surface area (Å²) in [5, 5.41) is 0. The maximum absolute atomic E-state index is 12.4. The van der Waals surface area contributed by atoms with E-state index >= 15 is 0 Å².